The summed E-state index contributed by atoms with van der Waals surface area (Å²) >= 11 is 7.43. The van der Waals surface area contributed by atoms with Crippen LogP contribution < -0.4 is 5.32 Å². The predicted molar refractivity (Wildman–Crippen MR) is 67.6 cm³/mol. The Labute approximate surface area is 104 Å². The number of hydrogen-bond acceptors (Lipinski definition) is 4. The first kappa shape index (κ1) is 9.93. The molecule has 0 aliphatic carbocycles. The zero-order valence-electron chi connectivity index (χ0n) is 8.27. The molecule has 16 heavy (non-hydrogen) atoms. The van der Waals surface area contributed by atoms with Crippen LogP contribution in [0.15, 0.2) is 40.5 Å². The van der Waals surface area contributed by atoms with Crippen molar-refractivity contribution in [1.29, 1.82) is 0 Å². The van der Waals surface area contributed by atoms with Gasteiger partial charge in [-0.15, -0.1) is 11.6 Å². The van der Waals surface area contributed by atoms with Gasteiger partial charge in [0.15, 0.2) is 5.82 Å². The van der Waals surface area contributed by atoms with Gasteiger partial charge in [-0.25, -0.2) is 9.97 Å². The molecule has 0 bridgehead atoms. The summed E-state index contributed by atoms with van der Waals surface area (Å²) in [6.45, 7) is 0. The highest BCUT2D eigenvalue weighted by atomic mass is 35.5. The van der Waals surface area contributed by atoms with E-state index in [1.165, 1.54) is 0 Å². The second-order valence-electron chi connectivity index (χ2n) is 3.40. The molecule has 82 valence electrons. The van der Waals surface area contributed by atoms with Crippen LogP contribution in [-0.4, -0.2) is 9.97 Å². The number of halogens is 1. The van der Waals surface area contributed by atoms with Crippen LogP contribution >= 0.6 is 23.4 Å². The molecule has 3 rings (SSSR count). The summed E-state index contributed by atoms with van der Waals surface area (Å²) in [6.07, 6.45) is 3.38. The van der Waals surface area contributed by atoms with Gasteiger partial charge in [-0.3, -0.25) is 0 Å². The fourth-order valence-corrected chi connectivity index (χ4v) is 2.61. The molecule has 0 atom stereocenters. The Kier molecular flexibility index (Phi) is 2.46. The Morgan fingerprint density at radius 1 is 1.31 bits per heavy atom. The molecular weight excluding hydrogens is 242 g/mol. The highest BCUT2D eigenvalue weighted by Gasteiger charge is 2.17. The van der Waals surface area contributed by atoms with Crippen LogP contribution in [-0.2, 0) is 5.88 Å². The number of benzene rings is 1. The number of nitrogens with one attached hydrogen (secondary N) is 1. The summed E-state index contributed by atoms with van der Waals surface area (Å²) in [5.74, 6) is 1.33. The summed E-state index contributed by atoms with van der Waals surface area (Å²) < 4.78 is 0. The zero-order chi connectivity index (χ0) is 11.0. The quantitative estimate of drug-likeness (QED) is 0.670. The van der Waals surface area contributed by atoms with Gasteiger partial charge in [0.1, 0.15) is 5.03 Å². The fourth-order valence-electron chi connectivity index (χ4n) is 1.56. The van der Waals surface area contributed by atoms with E-state index in [-0.39, 0.29) is 1.43 Å². The SMILES string of the molecule is ClCc1ccc2c(c1)Nc1nccnc1S2.[HH]. The average Bonchev–Trinajstić information content (AvgIpc) is 2.35. The lowest BCUT2D eigenvalue weighted by Gasteiger charge is -2.18. The molecule has 1 aromatic carbocycles. The molecule has 1 aliphatic heterocycles. The van der Waals surface area contributed by atoms with Gasteiger partial charge in [0.05, 0.1) is 5.69 Å². The minimum atomic E-state index is 0. The van der Waals surface area contributed by atoms with Crippen LogP contribution in [0.4, 0.5) is 11.5 Å². The van der Waals surface area contributed by atoms with Crippen LogP contribution in [0.3, 0.4) is 0 Å². The molecule has 0 amide bonds. The molecule has 0 fully saturated rings. The van der Waals surface area contributed by atoms with Gasteiger partial charge < -0.3 is 5.32 Å². The number of rotatable bonds is 1. The number of hydrogen-bond donors (Lipinski definition) is 1. The van der Waals surface area contributed by atoms with Gasteiger partial charge in [-0.05, 0) is 17.7 Å². The molecular formula is C11H10ClN3S. The lowest BCUT2D eigenvalue weighted by atomic mass is 10.2. The highest BCUT2D eigenvalue weighted by Crippen LogP contribution is 2.41. The number of anilines is 2. The Hall–Kier alpha value is -1.26. The molecule has 1 aromatic heterocycles. The van der Waals surface area contributed by atoms with Crippen molar-refractivity contribution < 1.29 is 1.43 Å². The van der Waals surface area contributed by atoms with Gasteiger partial charge in [-0.1, -0.05) is 17.8 Å². The first-order chi connectivity index (χ1) is 7.86. The van der Waals surface area contributed by atoms with Crippen molar-refractivity contribution in [2.45, 2.75) is 15.8 Å². The third-order valence-electron chi connectivity index (χ3n) is 2.32. The molecule has 2 aromatic rings. The molecule has 0 radical (unpaired) electrons. The van der Waals surface area contributed by atoms with E-state index in [1.807, 2.05) is 12.1 Å². The van der Waals surface area contributed by atoms with Gasteiger partial charge in [-0.2, -0.15) is 0 Å². The van der Waals surface area contributed by atoms with Crippen molar-refractivity contribution in [3.8, 4) is 0 Å². The molecule has 0 saturated heterocycles. The smallest absolute Gasteiger partial charge is 0.163 e. The lowest BCUT2D eigenvalue weighted by Crippen LogP contribution is -2.03. The van der Waals surface area contributed by atoms with Crippen LogP contribution in [0.5, 0.6) is 0 Å². The second kappa shape index (κ2) is 3.96. The maximum absolute atomic E-state index is 5.81. The lowest BCUT2D eigenvalue weighted by molar-refractivity contribution is 1.05. The molecule has 1 aliphatic rings. The van der Waals surface area contributed by atoms with Crippen molar-refractivity contribution in [3.05, 3.63) is 36.2 Å². The second-order valence-corrected chi connectivity index (χ2v) is 4.70. The minimum absolute atomic E-state index is 0. The van der Waals surface area contributed by atoms with E-state index in [4.69, 9.17) is 11.6 Å². The van der Waals surface area contributed by atoms with E-state index in [9.17, 15) is 0 Å². The van der Waals surface area contributed by atoms with Crippen LogP contribution in [0.2, 0.25) is 0 Å². The minimum Gasteiger partial charge on any atom is -0.337 e. The Morgan fingerprint density at radius 3 is 3.06 bits per heavy atom. The molecule has 3 nitrogen and oxygen atoms in total. The largest absolute Gasteiger partial charge is 0.337 e. The molecule has 0 spiro atoms. The van der Waals surface area contributed by atoms with Gasteiger partial charge in [0, 0.05) is 24.6 Å². The summed E-state index contributed by atoms with van der Waals surface area (Å²) in [5.41, 5.74) is 2.15. The Morgan fingerprint density at radius 2 is 2.19 bits per heavy atom. The number of aromatic nitrogens is 2. The zero-order valence-corrected chi connectivity index (χ0v) is 9.85. The fraction of sp³-hybridized carbons (Fsp3) is 0.0909. The Balaban J connectivity index is 0.00000108. The van der Waals surface area contributed by atoms with Crippen molar-refractivity contribution in [3.63, 3.8) is 0 Å². The monoisotopic (exact) mass is 251 g/mol. The molecule has 0 unspecified atom stereocenters. The summed E-state index contributed by atoms with van der Waals surface area (Å²) in [6, 6.07) is 6.14. The van der Waals surface area contributed by atoms with Crippen molar-refractivity contribution in [2.75, 3.05) is 5.32 Å². The first-order valence-corrected chi connectivity index (χ1v) is 6.17. The highest BCUT2D eigenvalue weighted by molar-refractivity contribution is 7.99. The Bertz CT molecular complexity index is 550. The van der Waals surface area contributed by atoms with E-state index in [0.717, 1.165) is 27.0 Å². The van der Waals surface area contributed by atoms with E-state index in [0.29, 0.717) is 5.88 Å². The maximum Gasteiger partial charge on any atom is 0.163 e. The normalized spacial score (nSPS) is 12.6. The number of alkyl halides is 1. The third kappa shape index (κ3) is 1.64. The van der Waals surface area contributed by atoms with E-state index >= 15 is 0 Å². The summed E-state index contributed by atoms with van der Waals surface area (Å²) in [5, 5.41) is 4.17. The van der Waals surface area contributed by atoms with Crippen LogP contribution in [0.25, 0.3) is 0 Å². The summed E-state index contributed by atoms with van der Waals surface area (Å²) in [7, 11) is 0. The van der Waals surface area contributed by atoms with Gasteiger partial charge in [0.25, 0.3) is 0 Å². The van der Waals surface area contributed by atoms with Crippen LogP contribution in [0, 0.1) is 0 Å². The molecule has 1 N–H and O–H groups in total. The molecule has 2 heterocycles. The average molecular weight is 252 g/mol. The van der Waals surface area contributed by atoms with Crippen molar-refractivity contribution in [1.82, 2.24) is 9.97 Å². The standard InChI is InChI=1S/C11H8ClN3S.H2/c12-6-7-1-2-9-8(5-7)15-10-11(16-9)14-4-3-13-10;/h1-5H,6H2,(H,13,15);1H. The van der Waals surface area contributed by atoms with Gasteiger partial charge >= 0.3 is 0 Å². The maximum atomic E-state index is 5.81. The van der Waals surface area contributed by atoms with E-state index in [2.05, 4.69) is 21.4 Å². The predicted octanol–water partition coefficient (Wildman–Crippen LogP) is 3.67. The van der Waals surface area contributed by atoms with Crippen LogP contribution in [0.1, 0.15) is 6.99 Å². The number of fused-ring (bicyclic) bond motifs is 2. The summed E-state index contributed by atoms with van der Waals surface area (Å²) in [4.78, 5) is 9.67. The number of nitrogens with zero attached hydrogens (tertiary/aromatic N) is 2. The van der Waals surface area contributed by atoms with Crippen molar-refractivity contribution >= 4 is 34.9 Å². The van der Waals surface area contributed by atoms with Crippen molar-refractivity contribution in [2.24, 2.45) is 0 Å². The van der Waals surface area contributed by atoms with Gasteiger partial charge in [0.2, 0.25) is 0 Å². The molecule has 5 heteroatoms. The third-order valence-corrected chi connectivity index (χ3v) is 3.70. The first-order valence-electron chi connectivity index (χ1n) is 4.81. The molecule has 0 saturated carbocycles. The topological polar surface area (TPSA) is 37.8 Å². The van der Waals surface area contributed by atoms with E-state index < -0.39 is 0 Å². The van der Waals surface area contributed by atoms with E-state index in [1.54, 1.807) is 24.2 Å².